The van der Waals surface area contributed by atoms with E-state index in [2.05, 4.69) is 26.8 Å². The summed E-state index contributed by atoms with van der Waals surface area (Å²) in [7, 11) is 0. The largest absolute Gasteiger partial charge is 0.469 e. The van der Waals surface area contributed by atoms with Crippen LogP contribution in [0.4, 0.5) is 0 Å². The minimum absolute atomic E-state index is 0.0288. The maximum Gasteiger partial charge on any atom is 0.199 e. The molecule has 5 aliphatic rings. The highest BCUT2D eigenvalue weighted by atomic mass is 32.2. The molecule has 250 valence electrons. The lowest BCUT2D eigenvalue weighted by atomic mass is 9.76. The topological polar surface area (TPSA) is 99.4 Å². The minimum Gasteiger partial charge on any atom is -0.469 e. The summed E-state index contributed by atoms with van der Waals surface area (Å²) in [4.78, 5) is 0. The number of hydrogen-bond acceptors (Lipinski definition) is 7. The molecule has 4 N–H and O–H groups in total. The molecule has 6 nitrogen and oxygen atoms in total. The average Bonchev–Trinajstić information content (AvgIpc) is 3.40. The van der Waals surface area contributed by atoms with Crippen LogP contribution in [-0.4, -0.2) is 55.7 Å². The first-order valence-electron chi connectivity index (χ1n) is 17.9. The van der Waals surface area contributed by atoms with Crippen molar-refractivity contribution < 1.29 is 29.9 Å². The Kier molecular flexibility index (Phi) is 11.9. The van der Waals surface area contributed by atoms with Gasteiger partial charge < -0.3 is 29.9 Å². The van der Waals surface area contributed by atoms with Crippen LogP contribution >= 0.6 is 11.8 Å². The average molecular weight is 633 g/mol. The smallest absolute Gasteiger partial charge is 0.199 e. The van der Waals surface area contributed by atoms with Gasteiger partial charge in [-0.2, -0.15) is 0 Å². The quantitative estimate of drug-likeness (QED) is 0.140. The molecule has 9 unspecified atom stereocenters. The number of hydrogen-bond donors (Lipinski definition) is 4. The predicted octanol–water partition coefficient (Wildman–Crippen LogP) is 7.32. The van der Waals surface area contributed by atoms with Crippen molar-refractivity contribution in [2.75, 3.05) is 0 Å². The molecule has 1 saturated heterocycles. The Morgan fingerprint density at radius 1 is 0.682 bits per heavy atom. The number of ether oxygens (including phenoxy) is 2. The van der Waals surface area contributed by atoms with Crippen LogP contribution in [-0.2, 0) is 9.47 Å². The molecular weight excluding hydrogens is 572 g/mol. The second-order valence-corrected chi connectivity index (χ2v) is 16.2. The molecule has 0 spiro atoms. The van der Waals surface area contributed by atoms with Crippen molar-refractivity contribution in [2.24, 2.45) is 47.3 Å². The van der Waals surface area contributed by atoms with E-state index in [0.717, 1.165) is 82.1 Å². The molecule has 0 aromatic carbocycles. The fourth-order valence-corrected chi connectivity index (χ4v) is 10.7. The SMILES string of the molecule is CCC(O)C1CCC(C(O)OC2=CC=C(OC(O)C3CCC(C(O)CC)CC3)C3C2SC(C2=CC(C)C(C)CC2)[C@H]3C)CC1. The summed E-state index contributed by atoms with van der Waals surface area (Å²) in [5, 5.41) is 43.6. The molecular formula is C37H60O6S. The van der Waals surface area contributed by atoms with Gasteiger partial charge in [0.05, 0.1) is 17.5 Å². The fraction of sp³-hybridized carbons (Fsp3) is 0.838. The van der Waals surface area contributed by atoms with Crippen LogP contribution in [0.2, 0.25) is 0 Å². The highest BCUT2D eigenvalue weighted by molar-refractivity contribution is 8.01. The molecule has 0 amide bonds. The molecule has 2 saturated carbocycles. The van der Waals surface area contributed by atoms with E-state index in [-0.39, 0.29) is 35.2 Å². The van der Waals surface area contributed by atoms with Gasteiger partial charge in [-0.15, -0.1) is 11.8 Å². The van der Waals surface area contributed by atoms with Crippen molar-refractivity contribution in [2.45, 2.75) is 147 Å². The Labute approximate surface area is 270 Å². The van der Waals surface area contributed by atoms with Crippen LogP contribution in [0.5, 0.6) is 0 Å². The molecule has 5 rings (SSSR count). The third kappa shape index (κ3) is 7.59. The lowest BCUT2D eigenvalue weighted by Crippen LogP contribution is -2.36. The van der Waals surface area contributed by atoms with Crippen LogP contribution in [0, 0.1) is 47.3 Å². The van der Waals surface area contributed by atoms with Gasteiger partial charge in [-0.05, 0) is 119 Å². The van der Waals surface area contributed by atoms with Gasteiger partial charge in [-0.1, -0.05) is 46.3 Å². The van der Waals surface area contributed by atoms with Crippen molar-refractivity contribution in [3.63, 3.8) is 0 Å². The molecule has 0 aromatic rings. The van der Waals surface area contributed by atoms with E-state index in [1.165, 1.54) is 12.0 Å². The van der Waals surface area contributed by atoms with Crippen LogP contribution in [0.3, 0.4) is 0 Å². The molecule has 0 aromatic heterocycles. The van der Waals surface area contributed by atoms with Crippen molar-refractivity contribution in [3.05, 3.63) is 35.3 Å². The fourth-order valence-electron chi connectivity index (χ4n) is 8.75. The molecule has 7 heteroatoms. The zero-order valence-corrected chi connectivity index (χ0v) is 28.6. The van der Waals surface area contributed by atoms with E-state index in [0.29, 0.717) is 34.8 Å². The summed E-state index contributed by atoms with van der Waals surface area (Å²) < 4.78 is 12.9. The third-order valence-corrected chi connectivity index (χ3v) is 14.0. The molecule has 0 bridgehead atoms. The van der Waals surface area contributed by atoms with Crippen LogP contribution in [0.25, 0.3) is 0 Å². The number of aliphatic hydroxyl groups is 4. The number of aliphatic hydroxyl groups excluding tert-OH is 4. The number of rotatable bonds is 11. The Morgan fingerprint density at radius 2 is 1.16 bits per heavy atom. The number of fused-ring (bicyclic) bond motifs is 1. The Hall–Kier alpha value is -0.990. The summed E-state index contributed by atoms with van der Waals surface area (Å²) in [5.74, 6) is 4.10. The standard InChI is InChI=1S/C37H60O6S/c1-6-29(38)24-10-14-26(15-11-24)36(40)42-31-18-19-32(43-37(41)27-16-12-25(13-17-27)30(39)7-2)35-33(31)23(5)34(44-35)28-9-8-21(3)22(4)20-28/h18-27,29-30,33-41H,6-17H2,1-5H3/t21?,22?,23-,24?,25?,26?,27?,29?,30?,33?,34?,35?,36?,37?/m0/s1. The predicted molar refractivity (Wildman–Crippen MR) is 177 cm³/mol. The lowest BCUT2D eigenvalue weighted by Gasteiger charge is -2.37. The summed E-state index contributed by atoms with van der Waals surface area (Å²) >= 11 is 1.95. The Morgan fingerprint density at radius 3 is 1.66 bits per heavy atom. The van der Waals surface area contributed by atoms with Gasteiger partial charge in [0.25, 0.3) is 0 Å². The molecule has 1 aliphatic heterocycles. The van der Waals surface area contributed by atoms with Crippen molar-refractivity contribution in [1.82, 2.24) is 0 Å². The maximum absolute atomic E-state index is 11.3. The molecule has 10 atom stereocenters. The molecule has 1 heterocycles. The van der Waals surface area contributed by atoms with Crippen LogP contribution in [0.1, 0.15) is 112 Å². The van der Waals surface area contributed by atoms with Crippen LogP contribution < -0.4 is 0 Å². The van der Waals surface area contributed by atoms with E-state index in [4.69, 9.17) is 9.47 Å². The normalized spacial score (nSPS) is 40.5. The second kappa shape index (κ2) is 15.3. The highest BCUT2D eigenvalue weighted by Crippen LogP contribution is 2.55. The van der Waals surface area contributed by atoms with Crippen molar-refractivity contribution >= 4 is 11.8 Å². The highest BCUT2D eigenvalue weighted by Gasteiger charge is 2.50. The zero-order chi connectivity index (χ0) is 31.5. The van der Waals surface area contributed by atoms with Gasteiger partial charge in [-0.3, -0.25) is 0 Å². The number of allylic oxidation sites excluding steroid dienone is 4. The number of thioether (sulfide) groups is 1. The van der Waals surface area contributed by atoms with Crippen LogP contribution in [0.15, 0.2) is 35.3 Å². The van der Waals surface area contributed by atoms with Gasteiger partial charge in [0.1, 0.15) is 11.5 Å². The van der Waals surface area contributed by atoms with E-state index in [9.17, 15) is 20.4 Å². The molecule has 0 radical (unpaired) electrons. The third-order valence-electron chi connectivity index (χ3n) is 12.2. The minimum atomic E-state index is -0.860. The summed E-state index contributed by atoms with van der Waals surface area (Å²) in [6, 6.07) is 0. The van der Waals surface area contributed by atoms with Gasteiger partial charge in [-0.25, -0.2) is 0 Å². The summed E-state index contributed by atoms with van der Waals surface area (Å²) in [6.45, 7) is 11.1. The van der Waals surface area contributed by atoms with E-state index in [1.807, 2.05) is 37.8 Å². The van der Waals surface area contributed by atoms with E-state index in [1.54, 1.807) is 0 Å². The van der Waals surface area contributed by atoms with Gasteiger partial charge in [0.15, 0.2) is 12.6 Å². The van der Waals surface area contributed by atoms with E-state index >= 15 is 0 Å². The molecule has 4 aliphatic carbocycles. The first kappa shape index (κ1) is 34.3. The Balaban J connectivity index is 1.30. The summed E-state index contributed by atoms with van der Waals surface area (Å²) in [6.07, 6.45) is 15.4. The summed E-state index contributed by atoms with van der Waals surface area (Å²) in [5.41, 5.74) is 1.53. The first-order chi connectivity index (χ1) is 21.1. The lowest BCUT2D eigenvalue weighted by molar-refractivity contribution is -0.132. The van der Waals surface area contributed by atoms with Gasteiger partial charge in [0, 0.05) is 23.0 Å². The van der Waals surface area contributed by atoms with Gasteiger partial charge in [0.2, 0.25) is 0 Å². The maximum atomic E-state index is 11.3. The van der Waals surface area contributed by atoms with Gasteiger partial charge >= 0.3 is 0 Å². The van der Waals surface area contributed by atoms with Crippen molar-refractivity contribution in [1.29, 1.82) is 0 Å². The molecule has 44 heavy (non-hydrogen) atoms. The van der Waals surface area contributed by atoms with E-state index < -0.39 is 12.6 Å². The first-order valence-corrected chi connectivity index (χ1v) is 18.9. The van der Waals surface area contributed by atoms with Crippen molar-refractivity contribution in [3.8, 4) is 0 Å². The molecule has 3 fully saturated rings. The second-order valence-electron chi connectivity index (χ2n) is 14.9. The monoisotopic (exact) mass is 632 g/mol. The zero-order valence-electron chi connectivity index (χ0n) is 27.8. The Bertz CT molecular complexity index is 1030.